The van der Waals surface area contributed by atoms with Crippen molar-refractivity contribution >= 4 is 5.97 Å². The largest absolute Gasteiger partial charge is 0.459 e. The predicted octanol–water partition coefficient (Wildman–Crippen LogP) is 0.869. The summed E-state index contributed by atoms with van der Waals surface area (Å²) < 4.78 is 5.62. The van der Waals surface area contributed by atoms with Crippen LogP contribution in [-0.4, -0.2) is 49.7 Å². The number of nitrogens with one attached hydrogen (secondary N) is 1. The number of ether oxygens (including phenoxy) is 1. The molecule has 0 radical (unpaired) electrons. The summed E-state index contributed by atoms with van der Waals surface area (Å²) in [5.74, 6) is 0.393. The van der Waals surface area contributed by atoms with E-state index in [1.165, 1.54) is 0 Å². The first-order valence-electron chi connectivity index (χ1n) is 6.46. The van der Waals surface area contributed by atoms with E-state index in [1.54, 1.807) is 0 Å². The SMILES string of the molecule is CN1CC[C@]2(C(=O)OC(C)(C)C)CNC[C@@H]2C1. The third-order valence-electron chi connectivity index (χ3n) is 3.89. The number of rotatable bonds is 1. The topological polar surface area (TPSA) is 41.6 Å². The van der Waals surface area contributed by atoms with Gasteiger partial charge in [-0.15, -0.1) is 0 Å². The summed E-state index contributed by atoms with van der Waals surface area (Å²) in [5, 5.41) is 3.36. The van der Waals surface area contributed by atoms with E-state index in [9.17, 15) is 4.79 Å². The maximum atomic E-state index is 12.4. The molecule has 1 N–H and O–H groups in total. The number of likely N-dealkylation sites (tertiary alicyclic amines) is 1. The van der Waals surface area contributed by atoms with Crippen molar-refractivity contribution in [3.63, 3.8) is 0 Å². The molecule has 2 atom stereocenters. The average molecular weight is 240 g/mol. The Kier molecular flexibility index (Phi) is 3.21. The molecule has 98 valence electrons. The van der Waals surface area contributed by atoms with Crippen LogP contribution in [0.1, 0.15) is 27.2 Å². The standard InChI is InChI=1S/C13H24N2O2/c1-12(2,3)17-11(16)13-5-6-15(4)8-10(13)7-14-9-13/h10,14H,5-9H2,1-4H3/t10-,13+/m1/s1. The lowest BCUT2D eigenvalue weighted by atomic mass is 9.72. The number of nitrogens with zero attached hydrogens (tertiary/aromatic N) is 1. The van der Waals surface area contributed by atoms with E-state index in [1.807, 2.05) is 20.8 Å². The Labute approximate surface area is 104 Å². The first-order chi connectivity index (χ1) is 7.83. The third-order valence-corrected chi connectivity index (χ3v) is 3.89. The third kappa shape index (κ3) is 2.47. The second-order valence-corrected chi connectivity index (χ2v) is 6.50. The molecular formula is C13H24N2O2. The van der Waals surface area contributed by atoms with E-state index in [4.69, 9.17) is 4.74 Å². The first-order valence-corrected chi connectivity index (χ1v) is 6.46. The molecule has 2 aliphatic rings. The molecule has 0 aromatic rings. The summed E-state index contributed by atoms with van der Waals surface area (Å²) >= 11 is 0. The maximum absolute atomic E-state index is 12.4. The van der Waals surface area contributed by atoms with E-state index in [0.717, 1.165) is 32.6 Å². The molecule has 2 saturated heterocycles. The van der Waals surface area contributed by atoms with Gasteiger partial charge in [-0.1, -0.05) is 0 Å². The van der Waals surface area contributed by atoms with Gasteiger partial charge in [-0.05, 0) is 40.8 Å². The smallest absolute Gasteiger partial charge is 0.314 e. The highest BCUT2D eigenvalue weighted by Gasteiger charge is 2.52. The number of carbonyl (C=O) groups excluding carboxylic acids is 1. The molecule has 2 rings (SSSR count). The molecule has 0 aromatic carbocycles. The van der Waals surface area contributed by atoms with Crippen LogP contribution in [0.25, 0.3) is 0 Å². The Hall–Kier alpha value is -0.610. The average Bonchev–Trinajstić information content (AvgIpc) is 2.58. The lowest BCUT2D eigenvalue weighted by molar-refractivity contribution is -0.172. The second-order valence-electron chi connectivity index (χ2n) is 6.50. The lowest BCUT2D eigenvalue weighted by Gasteiger charge is -2.41. The van der Waals surface area contributed by atoms with E-state index in [2.05, 4.69) is 17.3 Å². The Morgan fingerprint density at radius 1 is 1.47 bits per heavy atom. The van der Waals surface area contributed by atoms with Crippen LogP contribution in [0.3, 0.4) is 0 Å². The van der Waals surface area contributed by atoms with Crippen LogP contribution in [0, 0.1) is 11.3 Å². The Balaban J connectivity index is 2.14. The van der Waals surface area contributed by atoms with Crippen molar-refractivity contribution < 1.29 is 9.53 Å². The van der Waals surface area contributed by atoms with E-state index in [-0.39, 0.29) is 17.0 Å². The van der Waals surface area contributed by atoms with E-state index >= 15 is 0 Å². The molecule has 2 heterocycles. The minimum atomic E-state index is -0.387. The second kappa shape index (κ2) is 4.25. The zero-order chi connectivity index (χ0) is 12.7. The molecule has 0 amide bonds. The number of piperidine rings is 1. The van der Waals surface area contributed by atoms with Crippen LogP contribution in [-0.2, 0) is 9.53 Å². The minimum Gasteiger partial charge on any atom is -0.459 e. The molecule has 4 nitrogen and oxygen atoms in total. The molecule has 0 aromatic heterocycles. The summed E-state index contributed by atoms with van der Waals surface area (Å²) in [5.41, 5.74) is -0.665. The zero-order valence-corrected chi connectivity index (χ0v) is 11.4. The molecule has 17 heavy (non-hydrogen) atoms. The number of carbonyl (C=O) groups is 1. The summed E-state index contributed by atoms with van der Waals surface area (Å²) in [7, 11) is 2.12. The molecule has 0 aliphatic carbocycles. The molecule has 2 aliphatic heterocycles. The first kappa shape index (κ1) is 12.8. The number of hydrogen-bond acceptors (Lipinski definition) is 4. The van der Waals surface area contributed by atoms with Gasteiger partial charge in [0.15, 0.2) is 0 Å². The molecular weight excluding hydrogens is 216 g/mol. The van der Waals surface area contributed by atoms with Crippen LogP contribution in [0.15, 0.2) is 0 Å². The lowest BCUT2D eigenvalue weighted by Crippen LogP contribution is -2.51. The van der Waals surface area contributed by atoms with Crippen LogP contribution in [0.4, 0.5) is 0 Å². The molecule has 2 fully saturated rings. The molecule has 0 bridgehead atoms. The quantitative estimate of drug-likeness (QED) is 0.691. The molecule has 0 unspecified atom stereocenters. The highest BCUT2D eigenvalue weighted by Crippen LogP contribution is 2.40. The van der Waals surface area contributed by atoms with Crippen molar-refractivity contribution in [1.29, 1.82) is 0 Å². The molecule has 4 heteroatoms. The molecule has 0 saturated carbocycles. The van der Waals surface area contributed by atoms with Crippen molar-refractivity contribution in [1.82, 2.24) is 10.2 Å². The van der Waals surface area contributed by atoms with Gasteiger partial charge in [0, 0.05) is 25.6 Å². The zero-order valence-electron chi connectivity index (χ0n) is 11.4. The Morgan fingerprint density at radius 2 is 2.18 bits per heavy atom. The Bertz CT molecular complexity index is 311. The normalized spacial score (nSPS) is 34.5. The van der Waals surface area contributed by atoms with Crippen molar-refractivity contribution in [2.75, 3.05) is 33.2 Å². The van der Waals surface area contributed by atoms with Gasteiger partial charge in [-0.3, -0.25) is 4.79 Å². The highest BCUT2D eigenvalue weighted by molar-refractivity contribution is 5.78. The van der Waals surface area contributed by atoms with Crippen LogP contribution in [0.2, 0.25) is 0 Å². The summed E-state index contributed by atoms with van der Waals surface area (Å²) in [6, 6.07) is 0. The number of fused-ring (bicyclic) bond motifs is 1. The van der Waals surface area contributed by atoms with Gasteiger partial charge in [0.2, 0.25) is 0 Å². The van der Waals surface area contributed by atoms with E-state index < -0.39 is 0 Å². The van der Waals surface area contributed by atoms with E-state index in [0.29, 0.717) is 5.92 Å². The number of hydrogen-bond donors (Lipinski definition) is 1. The van der Waals surface area contributed by atoms with Crippen molar-refractivity contribution in [3.05, 3.63) is 0 Å². The maximum Gasteiger partial charge on any atom is 0.314 e. The van der Waals surface area contributed by atoms with Crippen molar-refractivity contribution in [3.8, 4) is 0 Å². The van der Waals surface area contributed by atoms with Crippen molar-refractivity contribution in [2.45, 2.75) is 32.8 Å². The predicted molar refractivity (Wildman–Crippen MR) is 66.8 cm³/mol. The Morgan fingerprint density at radius 3 is 2.82 bits per heavy atom. The minimum absolute atomic E-state index is 0.00639. The summed E-state index contributed by atoms with van der Waals surface area (Å²) in [6.45, 7) is 9.50. The van der Waals surface area contributed by atoms with Gasteiger partial charge in [0.1, 0.15) is 5.60 Å². The van der Waals surface area contributed by atoms with Gasteiger partial charge in [0.05, 0.1) is 5.41 Å². The van der Waals surface area contributed by atoms with Gasteiger partial charge in [0.25, 0.3) is 0 Å². The highest BCUT2D eigenvalue weighted by atomic mass is 16.6. The summed E-state index contributed by atoms with van der Waals surface area (Å²) in [6.07, 6.45) is 0.913. The van der Waals surface area contributed by atoms with Crippen LogP contribution >= 0.6 is 0 Å². The molecule has 0 spiro atoms. The van der Waals surface area contributed by atoms with Gasteiger partial charge in [-0.25, -0.2) is 0 Å². The monoisotopic (exact) mass is 240 g/mol. The van der Waals surface area contributed by atoms with Crippen LogP contribution < -0.4 is 5.32 Å². The summed E-state index contributed by atoms with van der Waals surface area (Å²) in [4.78, 5) is 14.7. The van der Waals surface area contributed by atoms with Gasteiger partial charge >= 0.3 is 5.97 Å². The van der Waals surface area contributed by atoms with Crippen molar-refractivity contribution in [2.24, 2.45) is 11.3 Å². The van der Waals surface area contributed by atoms with Gasteiger partial charge in [-0.2, -0.15) is 0 Å². The number of esters is 1. The van der Waals surface area contributed by atoms with Crippen LogP contribution in [0.5, 0.6) is 0 Å². The fourth-order valence-corrected chi connectivity index (χ4v) is 2.92. The van der Waals surface area contributed by atoms with Gasteiger partial charge < -0.3 is 15.0 Å². The fourth-order valence-electron chi connectivity index (χ4n) is 2.92. The fraction of sp³-hybridized carbons (Fsp3) is 0.923.